The lowest BCUT2D eigenvalue weighted by atomic mass is 10.0. The minimum atomic E-state index is -0.552. The number of benzene rings is 3. The number of carbonyl (C=O) groups excluding carboxylic acids is 2. The number of hydrogen-bond donors (Lipinski definition) is 0. The molecule has 0 atom stereocenters. The predicted octanol–water partition coefficient (Wildman–Crippen LogP) is 4.68. The summed E-state index contributed by atoms with van der Waals surface area (Å²) in [5.74, 6) is -0.238. The first-order valence-electron chi connectivity index (χ1n) is 8.50. The molecule has 3 aromatic carbocycles. The van der Waals surface area contributed by atoms with Crippen molar-refractivity contribution >= 4 is 17.8 Å². The van der Waals surface area contributed by atoms with E-state index in [0.717, 1.165) is 5.56 Å². The number of ketones is 1. The first-order valence-corrected chi connectivity index (χ1v) is 8.50. The topological polar surface area (TPSA) is 52.6 Å². The Morgan fingerprint density at radius 3 is 2.11 bits per heavy atom. The molecule has 4 nitrogen and oxygen atoms in total. The molecular weight excluding hydrogens is 359 g/mol. The van der Waals surface area contributed by atoms with Crippen LogP contribution in [0, 0.1) is 5.82 Å². The smallest absolute Gasteiger partial charge is 0.336 e. The molecule has 0 heterocycles. The van der Waals surface area contributed by atoms with Gasteiger partial charge in [0.2, 0.25) is 0 Å². The Bertz CT molecular complexity index is 1010. The van der Waals surface area contributed by atoms with Crippen LogP contribution in [0.15, 0.2) is 78.9 Å². The van der Waals surface area contributed by atoms with Gasteiger partial charge in [0.1, 0.15) is 17.3 Å². The van der Waals surface area contributed by atoms with Gasteiger partial charge in [0.05, 0.1) is 7.11 Å². The Morgan fingerprint density at radius 1 is 0.857 bits per heavy atom. The second-order valence-electron chi connectivity index (χ2n) is 5.86. The number of methoxy groups -OCH3 is 1. The molecular formula is C23H17FO4. The van der Waals surface area contributed by atoms with E-state index in [4.69, 9.17) is 9.47 Å². The second-order valence-corrected chi connectivity index (χ2v) is 5.86. The van der Waals surface area contributed by atoms with Gasteiger partial charge in [-0.2, -0.15) is 0 Å². The number of esters is 1. The molecule has 3 aromatic rings. The molecule has 0 spiro atoms. The van der Waals surface area contributed by atoms with Gasteiger partial charge >= 0.3 is 5.97 Å². The van der Waals surface area contributed by atoms with E-state index in [2.05, 4.69) is 0 Å². The number of carbonyl (C=O) groups is 2. The zero-order chi connectivity index (χ0) is 19.9. The van der Waals surface area contributed by atoms with Gasteiger partial charge in [-0.15, -0.1) is 0 Å². The fourth-order valence-electron chi connectivity index (χ4n) is 2.55. The Hall–Kier alpha value is -3.73. The molecule has 0 bridgehead atoms. The maximum atomic E-state index is 13.0. The highest BCUT2D eigenvalue weighted by Crippen LogP contribution is 2.19. The van der Waals surface area contributed by atoms with Gasteiger partial charge in [0.15, 0.2) is 5.78 Å². The standard InChI is InChI=1S/C23H17FO4/c1-27-21-5-3-2-4-16(21)10-15-22(25)28-20-13-8-18(9-14-20)23(26)17-6-11-19(24)12-7-17/h2-15H,1H3/b15-10+. The van der Waals surface area contributed by atoms with E-state index in [0.29, 0.717) is 22.6 Å². The third-order valence-corrected chi connectivity index (χ3v) is 3.98. The number of ether oxygens (including phenoxy) is 2. The van der Waals surface area contributed by atoms with Crippen molar-refractivity contribution in [3.63, 3.8) is 0 Å². The van der Waals surface area contributed by atoms with Crippen LogP contribution in [0.3, 0.4) is 0 Å². The quantitative estimate of drug-likeness (QED) is 0.271. The summed E-state index contributed by atoms with van der Waals surface area (Å²) in [5.41, 5.74) is 1.55. The van der Waals surface area contributed by atoms with Crippen LogP contribution < -0.4 is 9.47 Å². The van der Waals surface area contributed by atoms with Gasteiger partial charge in [-0.05, 0) is 60.7 Å². The van der Waals surface area contributed by atoms with Crippen molar-refractivity contribution in [3.8, 4) is 11.5 Å². The van der Waals surface area contributed by atoms with Gasteiger partial charge in [-0.25, -0.2) is 9.18 Å². The van der Waals surface area contributed by atoms with Crippen molar-refractivity contribution in [3.05, 3.63) is 101 Å². The molecule has 0 amide bonds. The van der Waals surface area contributed by atoms with Crippen LogP contribution >= 0.6 is 0 Å². The van der Waals surface area contributed by atoms with Gasteiger partial charge in [0.25, 0.3) is 0 Å². The van der Waals surface area contributed by atoms with E-state index >= 15 is 0 Å². The highest BCUT2D eigenvalue weighted by atomic mass is 19.1. The second kappa shape index (κ2) is 8.77. The molecule has 0 saturated carbocycles. The van der Waals surface area contributed by atoms with Crippen LogP contribution in [0.1, 0.15) is 21.5 Å². The van der Waals surface area contributed by atoms with Crippen LogP contribution in [0.25, 0.3) is 6.08 Å². The molecule has 0 N–H and O–H groups in total. The molecule has 0 saturated heterocycles. The van der Waals surface area contributed by atoms with Crippen molar-refractivity contribution in [2.45, 2.75) is 0 Å². The van der Waals surface area contributed by atoms with Crippen molar-refractivity contribution in [2.75, 3.05) is 7.11 Å². The molecule has 0 radical (unpaired) electrons. The SMILES string of the molecule is COc1ccccc1/C=C/C(=O)Oc1ccc(C(=O)c2ccc(F)cc2)cc1. The normalized spacial score (nSPS) is 10.6. The zero-order valence-corrected chi connectivity index (χ0v) is 15.1. The van der Waals surface area contributed by atoms with E-state index in [1.165, 1.54) is 42.5 Å². The van der Waals surface area contributed by atoms with Crippen molar-refractivity contribution in [1.29, 1.82) is 0 Å². The summed E-state index contributed by atoms with van der Waals surface area (Å²) in [7, 11) is 1.56. The number of halogens is 1. The summed E-state index contributed by atoms with van der Waals surface area (Å²) in [6, 6.07) is 18.8. The number of rotatable bonds is 6. The van der Waals surface area contributed by atoms with Crippen LogP contribution in [0.4, 0.5) is 4.39 Å². The third-order valence-electron chi connectivity index (χ3n) is 3.98. The summed E-state index contributed by atoms with van der Waals surface area (Å²) >= 11 is 0. The molecule has 140 valence electrons. The van der Waals surface area contributed by atoms with Crippen LogP contribution in [0.2, 0.25) is 0 Å². The van der Waals surface area contributed by atoms with E-state index < -0.39 is 11.8 Å². The Labute approximate surface area is 161 Å². The monoisotopic (exact) mass is 376 g/mol. The molecule has 5 heteroatoms. The highest BCUT2D eigenvalue weighted by molar-refractivity contribution is 6.09. The third kappa shape index (κ3) is 4.71. The first kappa shape index (κ1) is 19.0. The zero-order valence-electron chi connectivity index (χ0n) is 15.1. The van der Waals surface area contributed by atoms with Crippen LogP contribution in [0.5, 0.6) is 11.5 Å². The molecule has 0 aliphatic heterocycles. The van der Waals surface area contributed by atoms with Crippen LogP contribution in [-0.4, -0.2) is 18.9 Å². The maximum Gasteiger partial charge on any atom is 0.336 e. The van der Waals surface area contributed by atoms with Gasteiger partial charge < -0.3 is 9.47 Å². The molecule has 0 unspecified atom stereocenters. The Morgan fingerprint density at radius 2 is 1.46 bits per heavy atom. The summed E-state index contributed by atoms with van der Waals surface area (Å²) in [6.45, 7) is 0. The molecule has 3 rings (SSSR count). The van der Waals surface area contributed by atoms with Crippen molar-refractivity contribution in [2.24, 2.45) is 0 Å². The van der Waals surface area contributed by atoms with E-state index in [1.54, 1.807) is 31.4 Å². The minimum absolute atomic E-state index is 0.242. The number of hydrogen-bond acceptors (Lipinski definition) is 4. The average Bonchev–Trinajstić information content (AvgIpc) is 2.73. The van der Waals surface area contributed by atoms with Gasteiger partial charge in [-0.1, -0.05) is 18.2 Å². The van der Waals surface area contributed by atoms with Crippen LogP contribution in [-0.2, 0) is 4.79 Å². The molecule has 0 aliphatic carbocycles. The Kier molecular flexibility index (Phi) is 5.97. The summed E-state index contributed by atoms with van der Waals surface area (Å²) in [5, 5.41) is 0. The summed E-state index contributed by atoms with van der Waals surface area (Å²) < 4.78 is 23.4. The number of para-hydroxylation sites is 1. The lowest BCUT2D eigenvalue weighted by Crippen LogP contribution is -2.05. The summed E-state index contributed by atoms with van der Waals surface area (Å²) in [4.78, 5) is 24.4. The van der Waals surface area contributed by atoms with E-state index in [-0.39, 0.29) is 5.78 Å². The first-order chi connectivity index (χ1) is 13.6. The molecule has 0 aliphatic rings. The maximum absolute atomic E-state index is 13.0. The van der Waals surface area contributed by atoms with Gasteiger partial charge in [0, 0.05) is 22.8 Å². The molecule has 0 aromatic heterocycles. The molecule has 0 fully saturated rings. The fraction of sp³-hybridized carbons (Fsp3) is 0.0435. The lowest BCUT2D eigenvalue weighted by Gasteiger charge is -2.05. The fourth-order valence-corrected chi connectivity index (χ4v) is 2.55. The molecule has 28 heavy (non-hydrogen) atoms. The highest BCUT2D eigenvalue weighted by Gasteiger charge is 2.10. The van der Waals surface area contributed by atoms with Crippen molar-refractivity contribution < 1.29 is 23.5 Å². The Balaban J connectivity index is 1.65. The van der Waals surface area contributed by atoms with E-state index in [9.17, 15) is 14.0 Å². The van der Waals surface area contributed by atoms with E-state index in [1.807, 2.05) is 18.2 Å². The predicted molar refractivity (Wildman–Crippen MR) is 104 cm³/mol. The minimum Gasteiger partial charge on any atom is -0.496 e. The van der Waals surface area contributed by atoms with Gasteiger partial charge in [-0.3, -0.25) is 4.79 Å². The largest absolute Gasteiger partial charge is 0.496 e. The summed E-state index contributed by atoms with van der Waals surface area (Å²) in [6.07, 6.45) is 2.91. The lowest BCUT2D eigenvalue weighted by molar-refractivity contribution is -0.128. The van der Waals surface area contributed by atoms with Crippen molar-refractivity contribution in [1.82, 2.24) is 0 Å². The average molecular weight is 376 g/mol.